The molecule has 0 unspecified atom stereocenters. The van der Waals surface area contributed by atoms with Crippen molar-refractivity contribution in [2.24, 2.45) is 0 Å². The van der Waals surface area contributed by atoms with E-state index in [0.29, 0.717) is 0 Å². The summed E-state index contributed by atoms with van der Waals surface area (Å²) in [5.74, 6) is 0.867. The summed E-state index contributed by atoms with van der Waals surface area (Å²) in [6, 6.07) is 73.6. The summed E-state index contributed by atoms with van der Waals surface area (Å²) in [6.07, 6.45) is 0. The van der Waals surface area contributed by atoms with Crippen LogP contribution >= 0.6 is 0 Å². The molecule has 69 heavy (non-hydrogen) atoms. The SMILES string of the molecule is CC(C)(C)c1ccc(N2c3cc(N(c4ccccc4)c4ccccc4)ccc3B3c4oc(-c5ccccc5)c(-c5ccccc5)c4N(c4ccc(C(C)(C)C)cc4)c4cc(C(C)(C)C)cc2c43)cc1. The van der Waals surface area contributed by atoms with Gasteiger partial charge in [0.1, 0.15) is 5.76 Å². The molecule has 340 valence electrons. The minimum atomic E-state index is -0.236. The first-order valence-electron chi connectivity index (χ1n) is 24.5. The molecule has 0 bridgehead atoms. The molecule has 1 aromatic heterocycles. The van der Waals surface area contributed by atoms with Crippen molar-refractivity contribution < 1.29 is 4.42 Å². The maximum absolute atomic E-state index is 7.65. The van der Waals surface area contributed by atoms with Crippen LogP contribution in [0.3, 0.4) is 0 Å². The molecule has 9 aromatic rings. The topological polar surface area (TPSA) is 22.9 Å². The Balaban J connectivity index is 1.27. The summed E-state index contributed by atoms with van der Waals surface area (Å²) in [7, 11) is 0. The van der Waals surface area contributed by atoms with E-state index in [1.165, 1.54) is 27.6 Å². The first-order chi connectivity index (χ1) is 33.1. The Labute approximate surface area is 409 Å². The number of fused-ring (bicyclic) bond motifs is 4. The quantitative estimate of drug-likeness (QED) is 0.149. The van der Waals surface area contributed by atoms with Gasteiger partial charge in [-0.15, -0.1) is 0 Å². The maximum Gasteiger partial charge on any atom is 0.297 e. The van der Waals surface area contributed by atoms with Crippen LogP contribution in [0, 0.1) is 0 Å². The zero-order valence-corrected chi connectivity index (χ0v) is 41.4. The first kappa shape index (κ1) is 44.0. The fraction of sp³-hybridized carbons (Fsp3) is 0.188. The summed E-state index contributed by atoms with van der Waals surface area (Å²) in [5, 5.41) is 0. The lowest BCUT2D eigenvalue weighted by Crippen LogP contribution is -2.61. The third kappa shape index (κ3) is 7.75. The summed E-state index contributed by atoms with van der Waals surface area (Å²) in [4.78, 5) is 7.43. The molecule has 0 N–H and O–H groups in total. The molecule has 0 atom stereocenters. The first-order valence-corrected chi connectivity index (χ1v) is 24.5. The Kier molecular flexibility index (Phi) is 10.6. The third-order valence-corrected chi connectivity index (χ3v) is 14.1. The zero-order valence-electron chi connectivity index (χ0n) is 41.4. The van der Waals surface area contributed by atoms with Gasteiger partial charge in [0.2, 0.25) is 0 Å². The van der Waals surface area contributed by atoms with Gasteiger partial charge in [0, 0.05) is 51.1 Å². The van der Waals surface area contributed by atoms with E-state index in [0.717, 1.165) is 79.3 Å². The van der Waals surface area contributed by atoms with E-state index >= 15 is 0 Å². The summed E-state index contributed by atoms with van der Waals surface area (Å²) < 4.78 is 7.65. The molecule has 0 spiro atoms. The standard InChI is InChI=1S/C64H60BN3O/c1-62(2,3)45-30-34-50(35-31-45)67-54-42-52(66(48-26-18-12-19-27-48)49-28-20-13-21-29-49)38-39-53(54)65-58-55(67)40-47(64(7,8)9)41-56(58)68(51-36-32-46(33-37-51)63(4,5)6)59-57(43-22-14-10-15-23-43)60(69-61(59)65)44-24-16-11-17-25-44/h10-42H,1-9H3. The van der Waals surface area contributed by atoms with Gasteiger partial charge < -0.3 is 19.1 Å². The van der Waals surface area contributed by atoms with Crippen molar-refractivity contribution >= 4 is 74.5 Å². The molecule has 5 heteroatoms. The number of rotatable bonds is 7. The number of furan rings is 1. The highest BCUT2D eigenvalue weighted by Gasteiger charge is 2.48. The van der Waals surface area contributed by atoms with Crippen molar-refractivity contribution in [2.45, 2.75) is 78.6 Å². The molecule has 3 heterocycles. The highest BCUT2D eigenvalue weighted by Crippen LogP contribution is 2.52. The number of benzene rings is 8. The van der Waals surface area contributed by atoms with Gasteiger partial charge in [-0.05, 0) is 122 Å². The monoisotopic (exact) mass is 897 g/mol. The Morgan fingerprint density at radius 2 is 0.855 bits per heavy atom. The Morgan fingerprint density at radius 3 is 1.35 bits per heavy atom. The Bertz CT molecular complexity index is 3270. The van der Waals surface area contributed by atoms with E-state index in [1.807, 2.05) is 0 Å². The number of nitrogens with zero attached hydrogens (tertiary/aromatic N) is 3. The predicted octanol–water partition coefficient (Wildman–Crippen LogP) is 16.1. The van der Waals surface area contributed by atoms with Crippen LogP contribution in [0.5, 0.6) is 0 Å². The van der Waals surface area contributed by atoms with Crippen LogP contribution < -0.4 is 31.3 Å². The van der Waals surface area contributed by atoms with Gasteiger partial charge in [-0.1, -0.05) is 190 Å². The van der Waals surface area contributed by atoms with Crippen molar-refractivity contribution in [3.05, 3.63) is 217 Å². The molecule has 0 saturated carbocycles. The van der Waals surface area contributed by atoms with Crippen LogP contribution in [0.1, 0.15) is 79.0 Å². The lowest BCUT2D eigenvalue weighted by atomic mass is 9.35. The second-order valence-corrected chi connectivity index (χ2v) is 21.9. The molecule has 4 nitrogen and oxygen atoms in total. The van der Waals surface area contributed by atoms with Crippen LogP contribution in [0.2, 0.25) is 0 Å². The third-order valence-electron chi connectivity index (χ3n) is 14.1. The molecule has 0 amide bonds. The van der Waals surface area contributed by atoms with E-state index in [1.54, 1.807) is 0 Å². The van der Waals surface area contributed by atoms with Gasteiger partial charge in [-0.3, -0.25) is 0 Å². The predicted molar refractivity (Wildman–Crippen MR) is 294 cm³/mol. The van der Waals surface area contributed by atoms with E-state index in [9.17, 15) is 0 Å². The van der Waals surface area contributed by atoms with Crippen LogP contribution in [0.4, 0.5) is 51.2 Å². The van der Waals surface area contributed by atoms with E-state index in [4.69, 9.17) is 4.42 Å². The average molecular weight is 898 g/mol. The van der Waals surface area contributed by atoms with Gasteiger partial charge in [0.15, 0.2) is 0 Å². The normalized spacial score (nSPS) is 13.2. The molecule has 0 radical (unpaired) electrons. The van der Waals surface area contributed by atoms with Gasteiger partial charge >= 0.3 is 0 Å². The van der Waals surface area contributed by atoms with Crippen molar-refractivity contribution in [2.75, 3.05) is 14.7 Å². The Morgan fingerprint density at radius 1 is 0.406 bits per heavy atom. The molecule has 2 aliphatic rings. The summed E-state index contributed by atoms with van der Waals surface area (Å²) >= 11 is 0. The fourth-order valence-electron chi connectivity index (χ4n) is 10.4. The molecule has 2 aliphatic heterocycles. The van der Waals surface area contributed by atoms with Crippen molar-refractivity contribution in [3.63, 3.8) is 0 Å². The number of hydrogen-bond donors (Lipinski definition) is 0. The number of para-hydroxylation sites is 2. The smallest absolute Gasteiger partial charge is 0.297 e. The van der Waals surface area contributed by atoms with Gasteiger partial charge in [0.25, 0.3) is 6.71 Å². The van der Waals surface area contributed by atoms with E-state index in [2.05, 4.69) is 277 Å². The second kappa shape index (κ2) is 16.6. The second-order valence-electron chi connectivity index (χ2n) is 21.9. The lowest BCUT2D eigenvalue weighted by Gasteiger charge is -2.44. The molecule has 0 aliphatic carbocycles. The molecule has 8 aromatic carbocycles. The van der Waals surface area contributed by atoms with Gasteiger partial charge in [-0.2, -0.15) is 0 Å². The van der Waals surface area contributed by atoms with Crippen molar-refractivity contribution in [1.29, 1.82) is 0 Å². The van der Waals surface area contributed by atoms with Crippen molar-refractivity contribution in [1.82, 2.24) is 0 Å². The summed E-state index contributed by atoms with van der Waals surface area (Å²) in [6.45, 7) is 20.5. The van der Waals surface area contributed by atoms with Crippen LogP contribution in [0.15, 0.2) is 205 Å². The van der Waals surface area contributed by atoms with Crippen LogP contribution in [0.25, 0.3) is 22.5 Å². The van der Waals surface area contributed by atoms with E-state index < -0.39 is 0 Å². The van der Waals surface area contributed by atoms with Gasteiger partial charge in [0.05, 0.1) is 16.9 Å². The molecule has 0 fully saturated rings. The van der Waals surface area contributed by atoms with Gasteiger partial charge in [-0.25, -0.2) is 0 Å². The highest BCUT2D eigenvalue weighted by molar-refractivity contribution is 6.99. The number of hydrogen-bond acceptors (Lipinski definition) is 4. The molecule has 11 rings (SSSR count). The zero-order chi connectivity index (χ0) is 47.8. The van der Waals surface area contributed by atoms with Crippen LogP contribution in [-0.4, -0.2) is 6.71 Å². The minimum absolute atomic E-state index is 0.000562. The molecule has 0 saturated heterocycles. The summed E-state index contributed by atoms with van der Waals surface area (Å²) in [5.41, 5.74) is 20.2. The largest absolute Gasteiger partial charge is 0.467 e. The average Bonchev–Trinajstić information content (AvgIpc) is 3.75. The lowest BCUT2D eigenvalue weighted by molar-refractivity contribution is 0.589. The number of anilines is 9. The molecular formula is C64H60BN3O. The van der Waals surface area contributed by atoms with E-state index in [-0.39, 0.29) is 23.0 Å². The Hall–Kier alpha value is -7.50. The van der Waals surface area contributed by atoms with Crippen molar-refractivity contribution in [3.8, 4) is 22.5 Å². The minimum Gasteiger partial charge on any atom is -0.467 e. The fourth-order valence-corrected chi connectivity index (χ4v) is 10.4. The highest BCUT2D eigenvalue weighted by atomic mass is 16.3. The van der Waals surface area contributed by atoms with Crippen LogP contribution in [-0.2, 0) is 16.2 Å². The maximum atomic E-state index is 7.65. The molecular weight excluding hydrogens is 838 g/mol.